The number of aromatic nitrogens is 3. The van der Waals surface area contributed by atoms with Crippen LogP contribution >= 0.6 is 0 Å². The second-order valence-corrected chi connectivity index (χ2v) is 2.26. The van der Waals surface area contributed by atoms with Crippen LogP contribution in [-0.4, -0.2) is 14.8 Å². The number of aryl methyl sites for hydroxylation is 1. The molecule has 2 aromatic rings. The fourth-order valence-electron chi connectivity index (χ4n) is 0.972. The van der Waals surface area contributed by atoms with Gasteiger partial charge in [-0.25, -0.2) is 0 Å². The normalized spacial score (nSPS) is 15.5. The molecule has 0 aliphatic rings. The Kier molecular flexibility index (Phi) is 0.775. The van der Waals surface area contributed by atoms with Crippen molar-refractivity contribution in [1.82, 2.24) is 14.8 Å². The molecule has 0 fully saturated rings. The smallest absolute Gasteiger partial charge is 0.0583 e. The van der Waals surface area contributed by atoms with Crippen LogP contribution in [0.2, 0.25) is 0 Å². The van der Waals surface area contributed by atoms with E-state index < -0.39 is 6.98 Å². The summed E-state index contributed by atoms with van der Waals surface area (Å²) < 4.78 is 22.4. The summed E-state index contributed by atoms with van der Waals surface area (Å²) in [7, 11) is 0. The number of nitrogens with one attached hydrogen (secondary N) is 1. The van der Waals surface area contributed by atoms with Gasteiger partial charge in [-0.05, 0) is 12.1 Å². The van der Waals surface area contributed by atoms with Gasteiger partial charge in [0.1, 0.15) is 0 Å². The third-order valence-corrected chi connectivity index (χ3v) is 1.49. The summed E-state index contributed by atoms with van der Waals surface area (Å²) in [6.07, 6.45) is 4.80. The summed E-state index contributed by atoms with van der Waals surface area (Å²) in [5.41, 5.74) is 1.63. The topological polar surface area (TPSA) is 33.6 Å². The van der Waals surface area contributed by atoms with Crippen LogP contribution in [0.15, 0.2) is 30.7 Å². The zero-order valence-electron chi connectivity index (χ0n) is 8.78. The van der Waals surface area contributed by atoms with Gasteiger partial charge in [0.25, 0.3) is 0 Å². The first-order valence-electron chi connectivity index (χ1n) is 4.76. The van der Waals surface area contributed by atoms with E-state index in [1.165, 1.54) is 12.4 Å². The van der Waals surface area contributed by atoms with E-state index in [0.717, 1.165) is 15.9 Å². The van der Waals surface area contributed by atoms with Crippen LogP contribution < -0.4 is 0 Å². The molecular formula is C8H9N3. The number of hydrogen-bond acceptors (Lipinski definition) is 1. The Bertz CT molecular complexity index is 413. The van der Waals surface area contributed by atoms with E-state index in [2.05, 4.69) is 10.1 Å². The molecule has 3 heteroatoms. The van der Waals surface area contributed by atoms with Crippen LogP contribution in [0.3, 0.4) is 0 Å². The van der Waals surface area contributed by atoms with Crippen LogP contribution in [0.1, 0.15) is 4.11 Å². The predicted octanol–water partition coefficient (Wildman–Crippen LogP) is 1.42. The average molecular weight is 150 g/mol. The largest absolute Gasteiger partial charge is 0.361 e. The van der Waals surface area contributed by atoms with Gasteiger partial charge in [-0.3, -0.25) is 4.68 Å². The highest BCUT2D eigenvalue weighted by atomic mass is 15.2. The highest BCUT2D eigenvalue weighted by Gasteiger charge is 1.98. The zero-order valence-corrected chi connectivity index (χ0v) is 5.78. The van der Waals surface area contributed by atoms with E-state index in [1.807, 2.05) is 12.1 Å². The average Bonchev–Trinajstić information content (AvgIpc) is 2.73. The third kappa shape index (κ3) is 1.05. The maximum atomic E-state index is 7.14. The molecule has 2 heterocycles. The van der Waals surface area contributed by atoms with Crippen molar-refractivity contribution in [3.63, 3.8) is 0 Å². The summed E-state index contributed by atoms with van der Waals surface area (Å²) in [6, 6.07) is 3.71. The highest BCUT2D eigenvalue weighted by molar-refractivity contribution is 5.56. The van der Waals surface area contributed by atoms with Crippen molar-refractivity contribution >= 4 is 0 Å². The molecule has 0 saturated heterocycles. The fourth-order valence-corrected chi connectivity index (χ4v) is 0.972. The molecule has 0 bridgehead atoms. The van der Waals surface area contributed by atoms with E-state index in [0.29, 0.717) is 0 Å². The molecule has 2 aromatic heterocycles. The van der Waals surface area contributed by atoms with Crippen LogP contribution in [0, 0.1) is 0 Å². The van der Waals surface area contributed by atoms with E-state index in [4.69, 9.17) is 4.11 Å². The van der Waals surface area contributed by atoms with Gasteiger partial charge >= 0.3 is 0 Å². The predicted molar refractivity (Wildman–Crippen MR) is 43.0 cm³/mol. The van der Waals surface area contributed by atoms with E-state index >= 15 is 0 Å². The summed E-state index contributed by atoms with van der Waals surface area (Å²) >= 11 is 0. The number of aromatic amines is 1. The van der Waals surface area contributed by atoms with E-state index in [1.54, 1.807) is 6.20 Å². The lowest BCUT2D eigenvalue weighted by Crippen LogP contribution is -1.84. The summed E-state index contributed by atoms with van der Waals surface area (Å²) in [5, 5.41) is 3.78. The molecule has 3 nitrogen and oxygen atoms in total. The number of rotatable bonds is 1. The first kappa shape index (κ1) is 3.76. The SMILES string of the molecule is [2H]C([2H])([2H])n1cc(-c2ccc[nH]2)cn1. The lowest BCUT2D eigenvalue weighted by molar-refractivity contribution is 0.768. The van der Waals surface area contributed by atoms with Crippen molar-refractivity contribution < 1.29 is 4.11 Å². The van der Waals surface area contributed by atoms with E-state index in [-0.39, 0.29) is 0 Å². The molecule has 2 rings (SSSR count). The standard InChI is InChI=1S/C8H9N3/c1-11-6-7(5-10-11)8-3-2-4-9-8/h2-6,9H,1H3/i1D3. The Labute approximate surface area is 68.9 Å². The molecule has 0 aliphatic heterocycles. The Hall–Kier alpha value is -1.51. The number of nitrogens with zero attached hydrogens (tertiary/aromatic N) is 2. The van der Waals surface area contributed by atoms with Crippen LogP contribution in [0.5, 0.6) is 0 Å². The van der Waals surface area contributed by atoms with Crippen LogP contribution in [0.4, 0.5) is 0 Å². The van der Waals surface area contributed by atoms with Crippen molar-refractivity contribution in [2.75, 3.05) is 0 Å². The minimum Gasteiger partial charge on any atom is -0.361 e. The lowest BCUT2D eigenvalue weighted by Gasteiger charge is -1.87. The zero-order chi connectivity index (χ0) is 10.2. The third-order valence-electron chi connectivity index (χ3n) is 1.49. The summed E-state index contributed by atoms with van der Waals surface area (Å²) in [4.78, 5) is 2.98. The summed E-state index contributed by atoms with van der Waals surface area (Å²) in [5.74, 6) is 0. The molecule has 0 aliphatic carbocycles. The molecule has 0 radical (unpaired) electrons. The Morgan fingerprint density at radius 3 is 3.36 bits per heavy atom. The highest BCUT2D eigenvalue weighted by Crippen LogP contribution is 2.14. The maximum absolute atomic E-state index is 7.14. The molecule has 11 heavy (non-hydrogen) atoms. The maximum Gasteiger partial charge on any atom is 0.0583 e. The van der Waals surface area contributed by atoms with Gasteiger partial charge in [0.2, 0.25) is 0 Å². The first-order chi connectivity index (χ1) is 6.57. The van der Waals surface area contributed by atoms with Crippen molar-refractivity contribution in [2.45, 2.75) is 0 Å². The number of H-pyrrole nitrogens is 1. The Morgan fingerprint density at radius 2 is 2.73 bits per heavy atom. The fraction of sp³-hybridized carbons (Fsp3) is 0.125. The van der Waals surface area contributed by atoms with Crippen LogP contribution in [0.25, 0.3) is 11.3 Å². The van der Waals surface area contributed by atoms with Gasteiger partial charge in [0.15, 0.2) is 0 Å². The number of hydrogen-bond donors (Lipinski definition) is 1. The second-order valence-electron chi connectivity index (χ2n) is 2.26. The summed E-state index contributed by atoms with van der Waals surface area (Å²) in [6.45, 7) is -2.20. The Morgan fingerprint density at radius 1 is 1.73 bits per heavy atom. The molecule has 0 aromatic carbocycles. The van der Waals surface area contributed by atoms with Gasteiger partial charge in [0.05, 0.1) is 6.20 Å². The van der Waals surface area contributed by atoms with Crippen molar-refractivity contribution in [1.29, 1.82) is 0 Å². The van der Waals surface area contributed by atoms with Crippen molar-refractivity contribution in [3.8, 4) is 11.3 Å². The van der Waals surface area contributed by atoms with Gasteiger partial charge in [-0.1, -0.05) is 0 Å². The van der Waals surface area contributed by atoms with E-state index in [9.17, 15) is 0 Å². The van der Waals surface area contributed by atoms with Gasteiger partial charge in [-0.15, -0.1) is 0 Å². The molecule has 1 N–H and O–H groups in total. The Balaban J connectivity index is 2.36. The van der Waals surface area contributed by atoms with Crippen LogP contribution in [-0.2, 0) is 6.98 Å². The molecule has 0 saturated carbocycles. The molecule has 0 unspecified atom stereocenters. The molecule has 0 amide bonds. The minimum atomic E-state index is -2.20. The lowest BCUT2D eigenvalue weighted by atomic mass is 10.3. The molecule has 0 atom stereocenters. The van der Waals surface area contributed by atoms with Crippen molar-refractivity contribution in [3.05, 3.63) is 30.7 Å². The minimum absolute atomic E-state index is 0.770. The van der Waals surface area contributed by atoms with Crippen molar-refractivity contribution in [2.24, 2.45) is 6.98 Å². The van der Waals surface area contributed by atoms with Gasteiger partial charge < -0.3 is 4.98 Å². The second kappa shape index (κ2) is 2.27. The molecular weight excluding hydrogens is 138 g/mol. The van der Waals surface area contributed by atoms with Gasteiger partial charge in [0, 0.05) is 34.7 Å². The van der Waals surface area contributed by atoms with Gasteiger partial charge in [-0.2, -0.15) is 5.10 Å². The quantitative estimate of drug-likeness (QED) is 0.655. The molecule has 56 valence electrons. The first-order valence-corrected chi connectivity index (χ1v) is 3.26. The monoisotopic (exact) mass is 150 g/mol. The molecule has 0 spiro atoms.